The zero-order chi connectivity index (χ0) is 12.0. The SMILES string of the molecule is CCC(CC)(CO)Nc1nccc(C#N)n1. The highest BCUT2D eigenvalue weighted by molar-refractivity contribution is 5.33. The number of aliphatic hydroxyl groups excluding tert-OH is 1. The lowest BCUT2D eigenvalue weighted by Crippen LogP contribution is -2.41. The van der Waals surface area contributed by atoms with E-state index in [-0.39, 0.29) is 6.61 Å². The zero-order valence-corrected chi connectivity index (χ0v) is 9.56. The molecule has 0 spiro atoms. The molecule has 2 N–H and O–H groups in total. The van der Waals surface area contributed by atoms with Gasteiger partial charge < -0.3 is 10.4 Å². The number of nitriles is 1. The summed E-state index contributed by atoms with van der Waals surface area (Å²) in [5.74, 6) is 0.386. The van der Waals surface area contributed by atoms with Gasteiger partial charge in [0.2, 0.25) is 5.95 Å². The van der Waals surface area contributed by atoms with Crippen molar-refractivity contribution in [3.05, 3.63) is 18.0 Å². The molecular weight excluding hydrogens is 204 g/mol. The molecule has 5 nitrogen and oxygen atoms in total. The molecule has 16 heavy (non-hydrogen) atoms. The number of aromatic nitrogens is 2. The molecule has 86 valence electrons. The molecule has 0 aliphatic heterocycles. The molecule has 1 aromatic rings. The third-order valence-corrected chi connectivity index (χ3v) is 2.80. The minimum atomic E-state index is -0.409. The normalized spacial score (nSPS) is 10.9. The third-order valence-electron chi connectivity index (χ3n) is 2.80. The lowest BCUT2D eigenvalue weighted by atomic mass is 9.94. The van der Waals surface area contributed by atoms with Gasteiger partial charge >= 0.3 is 0 Å². The minimum Gasteiger partial charge on any atom is -0.394 e. The smallest absolute Gasteiger partial charge is 0.224 e. The van der Waals surface area contributed by atoms with Crippen molar-refractivity contribution in [2.45, 2.75) is 32.2 Å². The van der Waals surface area contributed by atoms with Gasteiger partial charge in [0.05, 0.1) is 12.1 Å². The van der Waals surface area contributed by atoms with Gasteiger partial charge in [-0.2, -0.15) is 5.26 Å². The molecule has 0 aromatic carbocycles. The van der Waals surface area contributed by atoms with Crippen LogP contribution in [-0.2, 0) is 0 Å². The zero-order valence-electron chi connectivity index (χ0n) is 9.56. The van der Waals surface area contributed by atoms with E-state index in [0.717, 1.165) is 12.8 Å². The van der Waals surface area contributed by atoms with Gasteiger partial charge in [-0.3, -0.25) is 0 Å². The fourth-order valence-corrected chi connectivity index (χ4v) is 1.41. The van der Waals surface area contributed by atoms with Crippen LogP contribution in [0.4, 0.5) is 5.95 Å². The molecule has 0 fully saturated rings. The van der Waals surface area contributed by atoms with Crippen molar-refractivity contribution in [2.75, 3.05) is 11.9 Å². The second kappa shape index (κ2) is 5.42. The van der Waals surface area contributed by atoms with Gasteiger partial charge in [0.25, 0.3) is 0 Å². The van der Waals surface area contributed by atoms with Crippen LogP contribution in [-0.4, -0.2) is 27.2 Å². The molecule has 0 unspecified atom stereocenters. The third kappa shape index (κ3) is 2.67. The average molecular weight is 220 g/mol. The van der Waals surface area contributed by atoms with Crippen LogP contribution in [0.5, 0.6) is 0 Å². The van der Waals surface area contributed by atoms with Crippen molar-refractivity contribution in [1.82, 2.24) is 9.97 Å². The number of hydrogen-bond acceptors (Lipinski definition) is 5. The second-order valence-corrected chi connectivity index (χ2v) is 3.65. The number of nitrogens with zero attached hydrogens (tertiary/aromatic N) is 3. The molecule has 1 heterocycles. The van der Waals surface area contributed by atoms with Crippen molar-refractivity contribution in [3.8, 4) is 6.07 Å². The standard InChI is InChI=1S/C11H16N4O/c1-3-11(4-2,8-16)15-10-13-6-5-9(7-12)14-10/h5-6,16H,3-4,8H2,1-2H3,(H,13,14,15). The topological polar surface area (TPSA) is 81.8 Å². The van der Waals surface area contributed by atoms with Crippen LogP contribution < -0.4 is 5.32 Å². The summed E-state index contributed by atoms with van der Waals surface area (Å²) in [5.41, 5.74) is -0.0924. The van der Waals surface area contributed by atoms with E-state index in [1.165, 1.54) is 6.20 Å². The summed E-state index contributed by atoms with van der Waals surface area (Å²) in [5, 5.41) is 21.2. The van der Waals surface area contributed by atoms with Gasteiger partial charge in [0.1, 0.15) is 11.8 Å². The first kappa shape index (κ1) is 12.4. The Hall–Kier alpha value is -1.67. The number of rotatable bonds is 5. The van der Waals surface area contributed by atoms with Crippen LogP contribution >= 0.6 is 0 Å². The van der Waals surface area contributed by atoms with Gasteiger partial charge in [-0.15, -0.1) is 0 Å². The Labute approximate surface area is 95.2 Å². The Morgan fingerprint density at radius 1 is 1.50 bits per heavy atom. The molecule has 1 aromatic heterocycles. The van der Waals surface area contributed by atoms with Gasteiger partial charge in [-0.1, -0.05) is 13.8 Å². The summed E-state index contributed by atoms with van der Waals surface area (Å²) in [4.78, 5) is 8.06. The lowest BCUT2D eigenvalue weighted by Gasteiger charge is -2.30. The van der Waals surface area contributed by atoms with E-state index in [1.54, 1.807) is 6.07 Å². The maximum Gasteiger partial charge on any atom is 0.224 e. The first-order valence-electron chi connectivity index (χ1n) is 5.32. The molecule has 5 heteroatoms. The monoisotopic (exact) mass is 220 g/mol. The lowest BCUT2D eigenvalue weighted by molar-refractivity contribution is 0.201. The summed E-state index contributed by atoms with van der Waals surface area (Å²) < 4.78 is 0. The van der Waals surface area contributed by atoms with Gasteiger partial charge in [-0.05, 0) is 18.9 Å². The predicted octanol–water partition coefficient (Wildman–Crippen LogP) is 1.31. The highest BCUT2D eigenvalue weighted by atomic mass is 16.3. The Bertz CT molecular complexity index is 374. The summed E-state index contributed by atoms with van der Waals surface area (Å²) in [7, 11) is 0. The van der Waals surface area contributed by atoms with Crippen LogP contribution in [0, 0.1) is 11.3 Å². The van der Waals surface area contributed by atoms with E-state index in [1.807, 2.05) is 19.9 Å². The quantitative estimate of drug-likeness (QED) is 0.781. The molecule has 0 radical (unpaired) electrons. The van der Waals surface area contributed by atoms with Crippen LogP contribution in [0.2, 0.25) is 0 Å². The van der Waals surface area contributed by atoms with Gasteiger partial charge in [0, 0.05) is 6.20 Å². The molecule has 1 rings (SSSR count). The van der Waals surface area contributed by atoms with Crippen LogP contribution in [0.25, 0.3) is 0 Å². The van der Waals surface area contributed by atoms with Crippen LogP contribution in [0.3, 0.4) is 0 Å². The van der Waals surface area contributed by atoms with Gasteiger partial charge in [-0.25, -0.2) is 9.97 Å². The molecule has 0 bridgehead atoms. The van der Waals surface area contributed by atoms with Crippen molar-refractivity contribution in [2.24, 2.45) is 0 Å². The fourth-order valence-electron chi connectivity index (χ4n) is 1.41. The maximum atomic E-state index is 9.38. The largest absolute Gasteiger partial charge is 0.394 e. The van der Waals surface area contributed by atoms with E-state index in [2.05, 4.69) is 15.3 Å². The second-order valence-electron chi connectivity index (χ2n) is 3.65. The molecule has 0 aliphatic rings. The van der Waals surface area contributed by atoms with E-state index in [9.17, 15) is 5.11 Å². The summed E-state index contributed by atoms with van der Waals surface area (Å²) in [6.45, 7) is 3.99. The van der Waals surface area contributed by atoms with Crippen molar-refractivity contribution >= 4 is 5.95 Å². The predicted molar refractivity (Wildman–Crippen MR) is 60.8 cm³/mol. The molecular formula is C11H16N4O. The number of aliphatic hydroxyl groups is 1. The fraction of sp³-hybridized carbons (Fsp3) is 0.545. The molecule has 0 saturated carbocycles. The minimum absolute atomic E-state index is 0.0140. The average Bonchev–Trinajstić information content (AvgIpc) is 2.36. The van der Waals surface area contributed by atoms with Crippen LogP contribution in [0.15, 0.2) is 12.3 Å². The van der Waals surface area contributed by atoms with Crippen molar-refractivity contribution < 1.29 is 5.11 Å². The maximum absolute atomic E-state index is 9.38. The molecule has 0 amide bonds. The molecule has 0 aliphatic carbocycles. The first-order valence-corrected chi connectivity index (χ1v) is 5.32. The first-order chi connectivity index (χ1) is 7.69. The van der Waals surface area contributed by atoms with E-state index in [4.69, 9.17) is 5.26 Å². The Morgan fingerprint density at radius 3 is 2.69 bits per heavy atom. The Kier molecular flexibility index (Phi) is 4.20. The van der Waals surface area contributed by atoms with Gasteiger partial charge in [0.15, 0.2) is 0 Å². The highest BCUT2D eigenvalue weighted by Gasteiger charge is 2.25. The Morgan fingerprint density at radius 2 is 2.19 bits per heavy atom. The number of nitrogens with one attached hydrogen (secondary N) is 1. The summed E-state index contributed by atoms with van der Waals surface area (Å²) in [6, 6.07) is 3.50. The summed E-state index contributed by atoms with van der Waals surface area (Å²) >= 11 is 0. The van der Waals surface area contributed by atoms with Crippen LogP contribution in [0.1, 0.15) is 32.4 Å². The number of anilines is 1. The van der Waals surface area contributed by atoms with Crippen molar-refractivity contribution in [3.63, 3.8) is 0 Å². The highest BCUT2D eigenvalue weighted by Crippen LogP contribution is 2.19. The molecule has 0 atom stereocenters. The summed E-state index contributed by atoms with van der Waals surface area (Å²) in [6.07, 6.45) is 3.06. The Balaban J connectivity index is 2.90. The van der Waals surface area contributed by atoms with E-state index in [0.29, 0.717) is 11.6 Å². The number of hydrogen-bond donors (Lipinski definition) is 2. The van der Waals surface area contributed by atoms with E-state index >= 15 is 0 Å². The van der Waals surface area contributed by atoms with Crippen molar-refractivity contribution in [1.29, 1.82) is 5.26 Å². The molecule has 0 saturated heterocycles. The van der Waals surface area contributed by atoms with E-state index < -0.39 is 5.54 Å².